The largest absolute Gasteiger partial charge is 0.481 e. The van der Waals surface area contributed by atoms with Crippen LogP contribution in [0.1, 0.15) is 85.0 Å². The first-order valence-electron chi connectivity index (χ1n) is 17.0. The third-order valence-corrected chi connectivity index (χ3v) is 9.70. The van der Waals surface area contributed by atoms with Gasteiger partial charge < -0.3 is 19.9 Å². The highest BCUT2D eigenvalue weighted by atomic mass is 19.4. The van der Waals surface area contributed by atoms with Crippen molar-refractivity contribution in [2.75, 3.05) is 19.6 Å². The second kappa shape index (κ2) is 14.7. The van der Waals surface area contributed by atoms with Crippen LogP contribution in [0.25, 0.3) is 11.1 Å². The Morgan fingerprint density at radius 2 is 1.60 bits per heavy atom. The highest BCUT2D eigenvalue weighted by Crippen LogP contribution is 2.37. The molecular weight excluding hydrogens is 657 g/mol. The van der Waals surface area contributed by atoms with Crippen LogP contribution in [-0.4, -0.2) is 46.1 Å². The first kappa shape index (κ1) is 37.2. The lowest BCUT2D eigenvalue weighted by atomic mass is 9.90. The van der Waals surface area contributed by atoms with Crippen LogP contribution >= 0.6 is 0 Å². The van der Waals surface area contributed by atoms with Gasteiger partial charge in [0.15, 0.2) is 0 Å². The van der Waals surface area contributed by atoms with E-state index in [1.165, 1.54) is 38.0 Å². The second-order valence-corrected chi connectivity index (χ2v) is 14.6. The molecule has 0 bridgehead atoms. The lowest BCUT2D eigenvalue weighted by molar-refractivity contribution is -0.139. The Hall–Kier alpha value is -4.06. The third kappa shape index (κ3) is 8.62. The van der Waals surface area contributed by atoms with E-state index in [0.29, 0.717) is 47.3 Å². The normalized spacial score (nSPS) is 16.7. The first-order valence-corrected chi connectivity index (χ1v) is 17.0. The summed E-state index contributed by atoms with van der Waals surface area (Å²) in [5.41, 5.74) is 0.168. The van der Waals surface area contributed by atoms with E-state index in [1.807, 2.05) is 0 Å². The third-order valence-electron chi connectivity index (χ3n) is 9.70. The van der Waals surface area contributed by atoms with Crippen LogP contribution < -0.4 is 10.9 Å². The van der Waals surface area contributed by atoms with Crippen LogP contribution in [0.4, 0.5) is 22.0 Å². The topological polar surface area (TPSA) is 91.6 Å². The number of amides is 1. The quantitative estimate of drug-likeness (QED) is 0.180. The molecule has 1 aliphatic heterocycles. The fourth-order valence-corrected chi connectivity index (χ4v) is 7.23. The van der Waals surface area contributed by atoms with Crippen molar-refractivity contribution >= 4 is 11.9 Å². The number of halogens is 5. The molecule has 2 N–H and O–H groups in total. The Balaban J connectivity index is 1.50. The van der Waals surface area contributed by atoms with Crippen LogP contribution in [0.15, 0.2) is 41.3 Å². The lowest BCUT2D eigenvalue weighted by Gasteiger charge is -2.40. The maximum atomic E-state index is 15.8. The Morgan fingerprint density at radius 3 is 2.16 bits per heavy atom. The fraction of sp³-hybridized carbons (Fsp3) is 0.500. The van der Waals surface area contributed by atoms with E-state index in [4.69, 9.17) is 0 Å². The first-order chi connectivity index (χ1) is 23.4. The van der Waals surface area contributed by atoms with E-state index in [9.17, 15) is 37.1 Å². The molecule has 2 fully saturated rings. The van der Waals surface area contributed by atoms with Crippen molar-refractivity contribution < 1.29 is 36.6 Å². The minimum absolute atomic E-state index is 0.0370. The number of hydrogen-bond donors (Lipinski definition) is 2. The van der Waals surface area contributed by atoms with Crippen molar-refractivity contribution in [2.24, 2.45) is 17.8 Å². The van der Waals surface area contributed by atoms with E-state index in [0.717, 1.165) is 17.3 Å². The number of carboxylic acids is 1. The molecule has 0 radical (unpaired) electrons. The molecule has 50 heavy (non-hydrogen) atoms. The van der Waals surface area contributed by atoms with Gasteiger partial charge in [0.2, 0.25) is 5.91 Å². The second-order valence-electron chi connectivity index (χ2n) is 14.6. The van der Waals surface area contributed by atoms with Crippen LogP contribution in [0.3, 0.4) is 0 Å². The summed E-state index contributed by atoms with van der Waals surface area (Å²) in [7, 11) is 0. The summed E-state index contributed by atoms with van der Waals surface area (Å²) in [6.07, 6.45) is -1.91. The summed E-state index contributed by atoms with van der Waals surface area (Å²) in [6, 6.07) is 3.48. The molecule has 1 aromatic heterocycles. The fourth-order valence-electron chi connectivity index (χ4n) is 7.23. The zero-order valence-corrected chi connectivity index (χ0v) is 29.0. The molecule has 5 rings (SSSR count). The van der Waals surface area contributed by atoms with Crippen molar-refractivity contribution in [3.05, 3.63) is 91.9 Å². The SMILES string of the molecule is Cc1cc(-c2c(C)cc(F)cc2C)cc([C@H](CC(=O)O)NC(=O)[C@H](CC(C)C)n2cc(CC3CN(CC4CC4)C3)c(C(F)(F)F)cc2=O)c1F. The molecule has 0 unspecified atom stereocenters. The van der Waals surface area contributed by atoms with Gasteiger partial charge in [0.1, 0.15) is 17.7 Å². The van der Waals surface area contributed by atoms with Gasteiger partial charge in [-0.15, -0.1) is 0 Å². The molecule has 0 spiro atoms. The molecule has 1 aliphatic carbocycles. The average molecular weight is 702 g/mol. The van der Waals surface area contributed by atoms with E-state index in [-0.39, 0.29) is 41.4 Å². The highest BCUT2D eigenvalue weighted by Gasteiger charge is 2.38. The summed E-state index contributed by atoms with van der Waals surface area (Å²) in [4.78, 5) is 41.7. The van der Waals surface area contributed by atoms with Gasteiger partial charge in [-0.3, -0.25) is 14.4 Å². The Kier molecular flexibility index (Phi) is 10.9. The molecule has 2 atom stereocenters. The van der Waals surface area contributed by atoms with Crippen molar-refractivity contribution in [3.8, 4) is 11.1 Å². The number of aryl methyl sites for hydroxylation is 3. The van der Waals surface area contributed by atoms with Gasteiger partial charge in [0.25, 0.3) is 5.56 Å². The summed E-state index contributed by atoms with van der Waals surface area (Å²) in [6.45, 7) is 10.7. The zero-order valence-electron chi connectivity index (χ0n) is 29.0. The summed E-state index contributed by atoms with van der Waals surface area (Å²) in [5, 5.41) is 12.4. The van der Waals surface area contributed by atoms with E-state index >= 15 is 4.39 Å². The van der Waals surface area contributed by atoms with Gasteiger partial charge in [0, 0.05) is 37.5 Å². The lowest BCUT2D eigenvalue weighted by Crippen LogP contribution is -2.48. The van der Waals surface area contributed by atoms with Gasteiger partial charge in [-0.25, -0.2) is 8.78 Å². The summed E-state index contributed by atoms with van der Waals surface area (Å²) < 4.78 is 73.5. The van der Waals surface area contributed by atoms with Crippen molar-refractivity contribution in [2.45, 2.75) is 85.0 Å². The summed E-state index contributed by atoms with van der Waals surface area (Å²) in [5.74, 6) is -2.94. The monoisotopic (exact) mass is 701 g/mol. The Morgan fingerprint density at radius 1 is 0.960 bits per heavy atom. The van der Waals surface area contributed by atoms with Gasteiger partial charge in [-0.05, 0) is 122 Å². The predicted molar refractivity (Wildman–Crippen MR) is 180 cm³/mol. The molecule has 1 saturated carbocycles. The standard InChI is InChI=1S/C38H44F5N3O4/c1-20(2)8-32(46-19-27(30(14-33(46)47)38(41,42)43)12-25-17-45(18-25)16-24-6-7-24)37(50)44-31(15-34(48)49)29-13-26(9-23(5)36(29)40)35-21(3)10-28(39)11-22(35)4/h9-11,13-14,19-20,24-25,31-32H,6-8,12,15-18H2,1-5H3,(H,44,50)(H,48,49)/t31-,32-/m0/s1. The number of carboxylic acid groups (broad SMARTS) is 1. The maximum absolute atomic E-state index is 15.8. The highest BCUT2D eigenvalue weighted by molar-refractivity contribution is 5.82. The number of hydrogen-bond acceptors (Lipinski definition) is 4. The van der Waals surface area contributed by atoms with Gasteiger partial charge >= 0.3 is 12.1 Å². The minimum Gasteiger partial charge on any atom is -0.481 e. The number of aliphatic carboxylic acids is 1. The van der Waals surface area contributed by atoms with Crippen molar-refractivity contribution in [1.82, 2.24) is 14.8 Å². The van der Waals surface area contributed by atoms with Crippen molar-refractivity contribution in [1.29, 1.82) is 0 Å². The molecule has 7 nitrogen and oxygen atoms in total. The summed E-state index contributed by atoms with van der Waals surface area (Å²) >= 11 is 0. The molecule has 2 aliphatic rings. The average Bonchev–Trinajstić information content (AvgIpc) is 3.79. The van der Waals surface area contributed by atoms with E-state index < -0.39 is 59.3 Å². The number of carbonyl (C=O) groups excluding carboxylic acids is 1. The molecule has 12 heteroatoms. The molecule has 1 saturated heterocycles. The van der Waals surface area contributed by atoms with Crippen LogP contribution in [0.5, 0.6) is 0 Å². The van der Waals surface area contributed by atoms with E-state index in [2.05, 4.69) is 10.2 Å². The van der Waals surface area contributed by atoms with Crippen LogP contribution in [0, 0.1) is 50.2 Å². The van der Waals surface area contributed by atoms with Crippen LogP contribution in [-0.2, 0) is 22.2 Å². The molecule has 3 aromatic rings. The Bertz CT molecular complexity index is 1800. The molecule has 270 valence electrons. The predicted octanol–water partition coefficient (Wildman–Crippen LogP) is 7.54. The zero-order chi connectivity index (χ0) is 36.7. The van der Waals surface area contributed by atoms with Gasteiger partial charge in [-0.2, -0.15) is 13.2 Å². The molecular formula is C38H44F5N3O4. The number of likely N-dealkylation sites (tertiary alicyclic amines) is 1. The number of benzene rings is 2. The number of nitrogens with zero attached hydrogens (tertiary/aromatic N) is 2. The number of pyridine rings is 1. The smallest absolute Gasteiger partial charge is 0.416 e. The number of alkyl halides is 3. The van der Waals surface area contributed by atoms with Crippen molar-refractivity contribution in [3.63, 3.8) is 0 Å². The number of rotatable bonds is 13. The minimum atomic E-state index is -4.78. The maximum Gasteiger partial charge on any atom is 0.416 e. The van der Waals surface area contributed by atoms with E-state index in [1.54, 1.807) is 33.8 Å². The number of carbonyl (C=O) groups is 2. The van der Waals surface area contributed by atoms with Crippen LogP contribution in [0.2, 0.25) is 0 Å². The Labute approximate surface area is 288 Å². The molecule has 2 heterocycles. The van der Waals surface area contributed by atoms with Gasteiger partial charge in [0.05, 0.1) is 18.0 Å². The molecule has 2 aromatic carbocycles. The molecule has 1 amide bonds. The van der Waals surface area contributed by atoms with Gasteiger partial charge in [-0.1, -0.05) is 13.8 Å². The number of nitrogens with one attached hydrogen (secondary N) is 1. The number of aromatic nitrogens is 1.